The van der Waals surface area contributed by atoms with Gasteiger partial charge in [0.2, 0.25) is 5.91 Å². The van der Waals surface area contributed by atoms with E-state index in [4.69, 9.17) is 0 Å². The third-order valence-corrected chi connectivity index (χ3v) is 4.61. The largest absolute Gasteiger partial charge is 0.347 e. The molecule has 0 saturated heterocycles. The number of rotatable bonds is 6. The molecule has 0 saturated carbocycles. The zero-order chi connectivity index (χ0) is 20.1. The first-order chi connectivity index (χ1) is 13.4. The average molecular weight is 376 g/mol. The Labute approximate surface area is 164 Å². The van der Waals surface area contributed by atoms with E-state index in [1.165, 1.54) is 6.07 Å². The van der Waals surface area contributed by atoms with Crippen molar-refractivity contribution in [2.24, 2.45) is 5.92 Å². The fourth-order valence-electron chi connectivity index (χ4n) is 3.06. The monoisotopic (exact) mass is 376 g/mol. The third-order valence-electron chi connectivity index (χ3n) is 4.61. The Kier molecular flexibility index (Phi) is 5.99. The first-order valence-corrected chi connectivity index (χ1v) is 9.29. The van der Waals surface area contributed by atoms with Crippen molar-refractivity contribution in [3.05, 3.63) is 82.0 Å². The maximum absolute atomic E-state index is 12.7. The minimum atomic E-state index is -0.366. The van der Waals surface area contributed by atoms with E-state index in [-0.39, 0.29) is 29.8 Å². The zero-order valence-electron chi connectivity index (χ0n) is 16.3. The molecule has 0 aliphatic heterocycles. The van der Waals surface area contributed by atoms with Gasteiger partial charge in [-0.05, 0) is 36.1 Å². The lowest BCUT2D eigenvalue weighted by Crippen LogP contribution is -2.34. The summed E-state index contributed by atoms with van der Waals surface area (Å²) in [7, 11) is 0. The summed E-state index contributed by atoms with van der Waals surface area (Å²) in [6.45, 7) is 5.97. The summed E-state index contributed by atoms with van der Waals surface area (Å²) in [6, 6.07) is 12.5. The van der Waals surface area contributed by atoms with E-state index in [1.54, 1.807) is 18.5 Å². The highest BCUT2D eigenvalue weighted by atomic mass is 16.1. The second-order valence-electron chi connectivity index (χ2n) is 7.15. The molecule has 1 atom stereocenters. The molecule has 6 heteroatoms. The van der Waals surface area contributed by atoms with Crippen molar-refractivity contribution in [3.63, 3.8) is 0 Å². The van der Waals surface area contributed by atoms with Crippen LogP contribution in [-0.2, 0) is 11.2 Å². The number of amides is 1. The highest BCUT2D eigenvalue weighted by molar-refractivity contribution is 5.79. The van der Waals surface area contributed by atoms with Gasteiger partial charge < -0.3 is 10.3 Å². The van der Waals surface area contributed by atoms with Gasteiger partial charge in [-0.3, -0.25) is 14.6 Å². The Hall–Kier alpha value is -3.28. The fraction of sp³-hybridized carbons (Fsp3) is 0.273. The molecule has 6 nitrogen and oxygen atoms in total. The average Bonchev–Trinajstić information content (AvgIpc) is 2.68. The van der Waals surface area contributed by atoms with Crippen LogP contribution in [-0.4, -0.2) is 20.9 Å². The van der Waals surface area contributed by atoms with Crippen LogP contribution in [0.4, 0.5) is 0 Å². The first kappa shape index (κ1) is 19.5. The van der Waals surface area contributed by atoms with Crippen LogP contribution in [0.2, 0.25) is 0 Å². The smallest absolute Gasteiger partial charge is 0.251 e. The number of carbonyl (C=O) groups excluding carboxylic acids is 1. The van der Waals surface area contributed by atoms with Gasteiger partial charge in [-0.15, -0.1) is 0 Å². The normalized spacial score (nSPS) is 12.0. The number of benzene rings is 1. The number of hydrogen-bond acceptors (Lipinski definition) is 4. The van der Waals surface area contributed by atoms with Gasteiger partial charge in [-0.2, -0.15) is 0 Å². The van der Waals surface area contributed by atoms with Gasteiger partial charge >= 0.3 is 0 Å². The Bertz CT molecular complexity index is 1010. The molecular formula is C22H24N4O2. The predicted molar refractivity (Wildman–Crippen MR) is 109 cm³/mol. The molecule has 0 aliphatic rings. The number of pyridine rings is 1. The van der Waals surface area contributed by atoms with E-state index in [0.717, 1.165) is 16.7 Å². The van der Waals surface area contributed by atoms with Crippen molar-refractivity contribution in [1.82, 2.24) is 20.3 Å². The Morgan fingerprint density at radius 3 is 2.64 bits per heavy atom. The molecule has 2 aromatic heterocycles. The molecule has 28 heavy (non-hydrogen) atoms. The molecule has 2 N–H and O–H groups in total. The molecule has 1 amide bonds. The summed E-state index contributed by atoms with van der Waals surface area (Å²) in [5.41, 5.74) is 3.05. The van der Waals surface area contributed by atoms with Gasteiger partial charge in [-0.1, -0.05) is 38.1 Å². The number of carbonyl (C=O) groups is 1. The van der Waals surface area contributed by atoms with E-state index in [0.29, 0.717) is 11.5 Å². The Morgan fingerprint density at radius 2 is 1.96 bits per heavy atom. The molecule has 0 aliphatic carbocycles. The van der Waals surface area contributed by atoms with Crippen LogP contribution in [0.3, 0.4) is 0 Å². The van der Waals surface area contributed by atoms with E-state index >= 15 is 0 Å². The lowest BCUT2D eigenvalue weighted by atomic mass is 9.99. The number of H-pyrrole nitrogens is 1. The molecule has 3 aromatic rings. The Morgan fingerprint density at radius 1 is 1.18 bits per heavy atom. The maximum atomic E-state index is 12.7. The van der Waals surface area contributed by atoms with E-state index in [9.17, 15) is 9.59 Å². The highest BCUT2D eigenvalue weighted by Gasteiger charge is 2.21. The van der Waals surface area contributed by atoms with Crippen LogP contribution in [0.5, 0.6) is 0 Å². The van der Waals surface area contributed by atoms with Crippen molar-refractivity contribution in [2.75, 3.05) is 0 Å². The second kappa shape index (κ2) is 8.61. The van der Waals surface area contributed by atoms with E-state index in [2.05, 4.69) is 20.3 Å². The molecule has 3 rings (SSSR count). The summed E-state index contributed by atoms with van der Waals surface area (Å²) in [5, 5.41) is 3.04. The summed E-state index contributed by atoms with van der Waals surface area (Å²) in [4.78, 5) is 36.3. The molecule has 1 aromatic carbocycles. The predicted octanol–water partition coefficient (Wildman–Crippen LogP) is 3.20. The van der Waals surface area contributed by atoms with Crippen LogP contribution in [0, 0.1) is 12.8 Å². The van der Waals surface area contributed by atoms with Gasteiger partial charge in [0.1, 0.15) is 5.82 Å². The van der Waals surface area contributed by atoms with Crippen molar-refractivity contribution in [3.8, 4) is 11.4 Å². The van der Waals surface area contributed by atoms with Gasteiger partial charge in [0, 0.05) is 24.0 Å². The van der Waals surface area contributed by atoms with Crippen LogP contribution in [0.1, 0.15) is 36.7 Å². The third kappa shape index (κ3) is 4.71. The molecular weight excluding hydrogens is 352 g/mol. The van der Waals surface area contributed by atoms with Gasteiger partial charge in [0.05, 0.1) is 18.2 Å². The topological polar surface area (TPSA) is 87.7 Å². The number of nitrogens with zero attached hydrogens (tertiary/aromatic N) is 2. The van der Waals surface area contributed by atoms with Crippen LogP contribution in [0.15, 0.2) is 59.7 Å². The van der Waals surface area contributed by atoms with Crippen molar-refractivity contribution < 1.29 is 4.79 Å². The number of aromatic nitrogens is 3. The Balaban J connectivity index is 1.86. The summed E-state index contributed by atoms with van der Waals surface area (Å²) >= 11 is 0. The molecule has 0 fully saturated rings. The summed E-state index contributed by atoms with van der Waals surface area (Å²) in [6.07, 6.45) is 3.59. The molecule has 144 valence electrons. The van der Waals surface area contributed by atoms with Gasteiger partial charge in [0.15, 0.2) is 0 Å². The molecule has 0 unspecified atom stereocenters. The summed E-state index contributed by atoms with van der Waals surface area (Å²) in [5.74, 6) is 0.407. The molecule has 0 radical (unpaired) electrons. The number of nitrogens with one attached hydrogen (secondary N) is 2. The van der Waals surface area contributed by atoms with Crippen molar-refractivity contribution in [2.45, 2.75) is 33.2 Å². The highest BCUT2D eigenvalue weighted by Crippen LogP contribution is 2.21. The second-order valence-corrected chi connectivity index (χ2v) is 7.15. The molecule has 2 heterocycles. The van der Waals surface area contributed by atoms with Gasteiger partial charge in [-0.25, -0.2) is 4.98 Å². The lowest BCUT2D eigenvalue weighted by molar-refractivity contribution is -0.121. The van der Waals surface area contributed by atoms with Crippen LogP contribution in [0.25, 0.3) is 11.4 Å². The minimum absolute atomic E-state index is 0.0665. The zero-order valence-corrected chi connectivity index (χ0v) is 16.3. The molecule has 0 spiro atoms. The van der Waals surface area contributed by atoms with Crippen molar-refractivity contribution >= 4 is 5.91 Å². The number of aromatic amines is 1. The number of hydrogen-bond donors (Lipinski definition) is 2. The standard InChI is InChI=1S/C22H24N4O2/c1-14(2)21(25-19(27)11-16-8-5-4-7-15(16)3)18-12-20(28)26-22(24-18)17-9-6-10-23-13-17/h4-10,12-14,21H,11H2,1-3H3,(H,25,27)(H,24,26,28)/t21-/m0/s1. The number of aryl methyl sites for hydroxylation is 1. The van der Waals surface area contributed by atoms with Crippen LogP contribution < -0.4 is 10.9 Å². The lowest BCUT2D eigenvalue weighted by Gasteiger charge is -2.22. The van der Waals surface area contributed by atoms with E-state index < -0.39 is 0 Å². The molecule has 0 bridgehead atoms. The maximum Gasteiger partial charge on any atom is 0.251 e. The van der Waals surface area contributed by atoms with E-state index in [1.807, 2.05) is 51.1 Å². The minimum Gasteiger partial charge on any atom is -0.347 e. The van der Waals surface area contributed by atoms with Gasteiger partial charge in [0.25, 0.3) is 5.56 Å². The summed E-state index contributed by atoms with van der Waals surface area (Å²) < 4.78 is 0. The first-order valence-electron chi connectivity index (χ1n) is 9.29. The van der Waals surface area contributed by atoms with Crippen LogP contribution >= 0.6 is 0 Å². The SMILES string of the molecule is Cc1ccccc1CC(=O)N[C@H](c1cc(=O)[nH]c(-c2cccnc2)n1)C(C)C. The van der Waals surface area contributed by atoms with Crippen molar-refractivity contribution in [1.29, 1.82) is 0 Å². The fourth-order valence-corrected chi connectivity index (χ4v) is 3.06. The quantitative estimate of drug-likeness (QED) is 0.692.